The quantitative estimate of drug-likeness (QED) is 0.552. The third-order valence-electron chi connectivity index (χ3n) is 5.06. The first-order valence-electron chi connectivity index (χ1n) is 9.29. The topological polar surface area (TPSA) is 100 Å². The van der Waals surface area contributed by atoms with Crippen LogP contribution in [0.25, 0.3) is 17.0 Å². The van der Waals surface area contributed by atoms with E-state index in [9.17, 15) is 22.7 Å². The highest BCUT2D eigenvalue weighted by atomic mass is 19.4. The molecule has 3 aromatic heterocycles. The van der Waals surface area contributed by atoms with E-state index in [-0.39, 0.29) is 29.0 Å². The molecule has 0 aromatic carbocycles. The van der Waals surface area contributed by atoms with Gasteiger partial charge in [0.1, 0.15) is 5.69 Å². The second-order valence-electron chi connectivity index (χ2n) is 7.29. The van der Waals surface area contributed by atoms with Crippen molar-refractivity contribution < 1.29 is 22.7 Å². The molecule has 0 bridgehead atoms. The van der Waals surface area contributed by atoms with Crippen LogP contribution in [-0.4, -0.2) is 54.8 Å². The molecular formula is C18H19F4N7O. The Labute approximate surface area is 168 Å². The van der Waals surface area contributed by atoms with Gasteiger partial charge in [-0.3, -0.25) is 9.38 Å². The molecule has 3 N–H and O–H groups in total. The molecule has 3 aromatic rings. The predicted octanol–water partition coefficient (Wildman–Crippen LogP) is 2.26. The van der Waals surface area contributed by atoms with Crippen LogP contribution in [0, 0.1) is 5.82 Å². The maximum Gasteiger partial charge on any atom is 0.422 e. The minimum Gasteiger partial charge on any atom is -0.375 e. The number of aromatic nitrogens is 5. The molecule has 4 rings (SSSR count). The standard InChI is InChI=1S/C18H19F4N7O/c1-17(30,18(20,21)22)13-9-29-12(7-25-14(29)8-24-13)15-11(19)6-26-16(28-15)27-10-3-2-4-23-5-10/h6-10,23,30H,2-5H2,1H3,(H,26,27,28)/t10-,17+/m1/s1. The van der Waals surface area contributed by atoms with Crippen LogP contribution >= 0.6 is 0 Å². The van der Waals surface area contributed by atoms with Crippen molar-refractivity contribution in [2.24, 2.45) is 0 Å². The van der Waals surface area contributed by atoms with Gasteiger partial charge in [0.2, 0.25) is 11.5 Å². The molecule has 0 spiro atoms. The summed E-state index contributed by atoms with van der Waals surface area (Å²) in [4.78, 5) is 15.9. The zero-order valence-electron chi connectivity index (χ0n) is 15.9. The minimum absolute atomic E-state index is 0.0805. The number of rotatable bonds is 4. The highest BCUT2D eigenvalue weighted by molar-refractivity contribution is 5.61. The fourth-order valence-electron chi connectivity index (χ4n) is 3.23. The van der Waals surface area contributed by atoms with Crippen LogP contribution in [0.15, 0.2) is 24.8 Å². The summed E-state index contributed by atoms with van der Waals surface area (Å²) in [5.41, 5.74) is -3.68. The van der Waals surface area contributed by atoms with Gasteiger partial charge in [0.05, 0.1) is 30.0 Å². The van der Waals surface area contributed by atoms with E-state index >= 15 is 0 Å². The van der Waals surface area contributed by atoms with Gasteiger partial charge < -0.3 is 15.7 Å². The van der Waals surface area contributed by atoms with E-state index in [1.54, 1.807) is 0 Å². The lowest BCUT2D eigenvalue weighted by Crippen LogP contribution is -2.40. The van der Waals surface area contributed by atoms with Crippen molar-refractivity contribution in [3.8, 4) is 11.4 Å². The maximum absolute atomic E-state index is 14.5. The van der Waals surface area contributed by atoms with Crippen LogP contribution in [0.5, 0.6) is 0 Å². The second kappa shape index (κ2) is 7.43. The average molecular weight is 425 g/mol. The minimum atomic E-state index is -4.94. The van der Waals surface area contributed by atoms with Crippen LogP contribution in [0.3, 0.4) is 0 Å². The summed E-state index contributed by atoms with van der Waals surface area (Å²) in [6.45, 7) is 2.24. The molecule has 1 saturated heterocycles. The van der Waals surface area contributed by atoms with E-state index in [1.165, 1.54) is 10.6 Å². The normalized spacial score (nSPS) is 19.6. The third kappa shape index (κ3) is 3.67. The lowest BCUT2D eigenvalue weighted by atomic mass is 10.0. The van der Waals surface area contributed by atoms with Crippen LogP contribution in [0.4, 0.5) is 23.5 Å². The summed E-state index contributed by atoms with van der Waals surface area (Å²) in [5.74, 6) is -0.559. The molecule has 0 aliphatic carbocycles. The van der Waals surface area contributed by atoms with Crippen molar-refractivity contribution in [3.05, 3.63) is 36.3 Å². The van der Waals surface area contributed by atoms with Gasteiger partial charge in [0.15, 0.2) is 11.5 Å². The van der Waals surface area contributed by atoms with Gasteiger partial charge in [-0.1, -0.05) is 0 Å². The van der Waals surface area contributed by atoms with E-state index in [4.69, 9.17) is 0 Å². The monoisotopic (exact) mass is 425 g/mol. The predicted molar refractivity (Wildman–Crippen MR) is 99.1 cm³/mol. The molecule has 0 amide bonds. The largest absolute Gasteiger partial charge is 0.422 e. The number of alkyl halides is 3. The van der Waals surface area contributed by atoms with E-state index < -0.39 is 23.3 Å². The highest BCUT2D eigenvalue weighted by Gasteiger charge is 2.52. The van der Waals surface area contributed by atoms with Crippen molar-refractivity contribution in [3.63, 3.8) is 0 Å². The number of piperidine rings is 1. The fourth-order valence-corrected chi connectivity index (χ4v) is 3.23. The van der Waals surface area contributed by atoms with E-state index in [0.29, 0.717) is 13.5 Å². The molecule has 30 heavy (non-hydrogen) atoms. The second-order valence-corrected chi connectivity index (χ2v) is 7.29. The highest BCUT2D eigenvalue weighted by Crippen LogP contribution is 2.37. The lowest BCUT2D eigenvalue weighted by Gasteiger charge is -2.25. The number of hydrogen-bond donors (Lipinski definition) is 3. The van der Waals surface area contributed by atoms with Crippen LogP contribution in [0.1, 0.15) is 25.5 Å². The zero-order chi connectivity index (χ0) is 21.5. The Hall–Kier alpha value is -2.86. The van der Waals surface area contributed by atoms with Crippen LogP contribution in [-0.2, 0) is 5.60 Å². The summed E-state index contributed by atoms with van der Waals surface area (Å²) < 4.78 is 55.3. The van der Waals surface area contributed by atoms with Gasteiger partial charge in [0, 0.05) is 18.8 Å². The Morgan fingerprint density at radius 3 is 2.70 bits per heavy atom. The molecular weight excluding hydrogens is 406 g/mol. The SMILES string of the molecule is C[C@](O)(c1cn2c(-c3nc(N[C@@H]4CCCNC4)ncc3F)cnc2cn1)C(F)(F)F. The van der Waals surface area contributed by atoms with Crippen molar-refractivity contribution >= 4 is 11.6 Å². The molecule has 12 heteroatoms. The summed E-state index contributed by atoms with van der Waals surface area (Å²) in [6.07, 6.45) is 1.26. The third-order valence-corrected chi connectivity index (χ3v) is 5.06. The Morgan fingerprint density at radius 1 is 1.20 bits per heavy atom. The molecule has 0 radical (unpaired) electrons. The Bertz CT molecular complexity index is 1060. The molecule has 1 fully saturated rings. The molecule has 2 atom stereocenters. The van der Waals surface area contributed by atoms with Crippen LogP contribution in [0.2, 0.25) is 0 Å². The molecule has 0 unspecified atom stereocenters. The van der Waals surface area contributed by atoms with Gasteiger partial charge in [-0.15, -0.1) is 0 Å². The van der Waals surface area contributed by atoms with Gasteiger partial charge in [-0.05, 0) is 26.3 Å². The number of imidazole rings is 1. The maximum atomic E-state index is 14.5. The first kappa shape index (κ1) is 20.4. The lowest BCUT2D eigenvalue weighted by molar-refractivity contribution is -0.260. The van der Waals surface area contributed by atoms with Gasteiger partial charge in [0.25, 0.3) is 0 Å². The Kier molecular flexibility index (Phi) is 5.06. The molecule has 160 valence electrons. The molecule has 1 aliphatic heterocycles. The number of nitrogens with one attached hydrogen (secondary N) is 2. The van der Waals surface area contributed by atoms with E-state index in [0.717, 1.165) is 38.0 Å². The fraction of sp³-hybridized carbons (Fsp3) is 0.444. The first-order valence-corrected chi connectivity index (χ1v) is 9.29. The van der Waals surface area contributed by atoms with Crippen LogP contribution < -0.4 is 10.6 Å². The van der Waals surface area contributed by atoms with Crippen molar-refractivity contribution in [2.45, 2.75) is 37.6 Å². The first-order chi connectivity index (χ1) is 14.2. The summed E-state index contributed by atoms with van der Waals surface area (Å²) in [7, 11) is 0. The molecule has 4 heterocycles. The summed E-state index contributed by atoms with van der Waals surface area (Å²) in [5, 5.41) is 16.3. The van der Waals surface area contributed by atoms with E-state index in [1.807, 2.05) is 0 Å². The zero-order valence-corrected chi connectivity index (χ0v) is 15.9. The van der Waals surface area contributed by atoms with Gasteiger partial charge in [-0.2, -0.15) is 13.2 Å². The van der Waals surface area contributed by atoms with Gasteiger partial charge in [-0.25, -0.2) is 19.3 Å². The van der Waals surface area contributed by atoms with Crippen molar-refractivity contribution in [1.29, 1.82) is 0 Å². The molecule has 1 aliphatic rings. The number of hydrogen-bond acceptors (Lipinski definition) is 7. The number of anilines is 1. The van der Waals surface area contributed by atoms with Crippen molar-refractivity contribution in [1.82, 2.24) is 29.7 Å². The summed E-state index contributed by atoms with van der Waals surface area (Å²) >= 11 is 0. The number of aliphatic hydroxyl groups is 1. The summed E-state index contributed by atoms with van der Waals surface area (Å²) in [6, 6.07) is 0.0805. The van der Waals surface area contributed by atoms with Gasteiger partial charge >= 0.3 is 6.18 Å². The smallest absolute Gasteiger partial charge is 0.375 e. The van der Waals surface area contributed by atoms with Crippen molar-refractivity contribution in [2.75, 3.05) is 18.4 Å². The Balaban J connectivity index is 1.74. The Morgan fingerprint density at radius 2 is 2.00 bits per heavy atom. The molecule has 0 saturated carbocycles. The number of nitrogens with zero attached hydrogens (tertiary/aromatic N) is 5. The number of halogens is 4. The van der Waals surface area contributed by atoms with E-state index in [2.05, 4.69) is 30.6 Å². The number of fused-ring (bicyclic) bond motifs is 1. The average Bonchev–Trinajstić information content (AvgIpc) is 3.12. The molecule has 8 nitrogen and oxygen atoms in total.